The summed E-state index contributed by atoms with van der Waals surface area (Å²) in [5, 5.41) is 23.6. The molecule has 4 nitrogen and oxygen atoms in total. The zero-order valence-electron chi connectivity index (χ0n) is 37.1. The molecule has 0 unspecified atom stereocenters. The molecule has 2 aliphatic rings. The van der Waals surface area contributed by atoms with Crippen molar-refractivity contribution in [2.75, 3.05) is 0 Å². The first-order chi connectivity index (χ1) is 33.5. The summed E-state index contributed by atoms with van der Waals surface area (Å²) in [6, 6.07) is 81.0. The first kappa shape index (κ1) is 41.7. The van der Waals surface area contributed by atoms with Crippen LogP contribution in [0.3, 0.4) is 0 Å². The summed E-state index contributed by atoms with van der Waals surface area (Å²) in [6.07, 6.45) is 2.12. The molecule has 14 rings (SSSR count). The molecule has 2 aromatic heterocycles. The SMILES string of the molecule is Brc1ccc2c(c1)-c1ccccc1C2.OB(O)c1ccc2c(c1)c1ccccc1n2-c1ccccc1.c1ccc(-n2c3ccccc3c3cc(-c4ccc5c(c4)-c4ccccc4C5)ccc32)cc1. The van der Waals surface area contributed by atoms with Gasteiger partial charge in [0, 0.05) is 37.4 Å². The van der Waals surface area contributed by atoms with Gasteiger partial charge in [-0.05, 0) is 147 Å². The molecular formula is C62H44BBrN2O2. The van der Waals surface area contributed by atoms with Crippen LogP contribution in [-0.2, 0) is 12.8 Å². The fourth-order valence-corrected chi connectivity index (χ4v) is 10.8. The Morgan fingerprint density at radius 1 is 0.338 bits per heavy atom. The molecule has 0 spiro atoms. The quantitative estimate of drug-likeness (QED) is 0.173. The Morgan fingerprint density at radius 2 is 0.765 bits per heavy atom. The minimum absolute atomic E-state index is 0.503. The predicted molar refractivity (Wildman–Crippen MR) is 287 cm³/mol. The van der Waals surface area contributed by atoms with Crippen LogP contribution in [0.15, 0.2) is 235 Å². The van der Waals surface area contributed by atoms with Crippen molar-refractivity contribution in [2.24, 2.45) is 0 Å². The molecule has 324 valence electrons. The molecule has 12 aromatic rings. The maximum Gasteiger partial charge on any atom is 0.488 e. The highest BCUT2D eigenvalue weighted by molar-refractivity contribution is 9.10. The van der Waals surface area contributed by atoms with Crippen LogP contribution in [0.25, 0.3) is 88.4 Å². The van der Waals surface area contributed by atoms with Gasteiger partial charge < -0.3 is 19.2 Å². The topological polar surface area (TPSA) is 50.3 Å². The first-order valence-electron chi connectivity index (χ1n) is 23.1. The lowest BCUT2D eigenvalue weighted by molar-refractivity contribution is 0.426. The largest absolute Gasteiger partial charge is 0.488 e. The van der Waals surface area contributed by atoms with E-state index in [9.17, 15) is 10.0 Å². The number of para-hydroxylation sites is 4. The van der Waals surface area contributed by atoms with Gasteiger partial charge in [0.2, 0.25) is 0 Å². The Balaban J connectivity index is 0.000000115. The summed E-state index contributed by atoms with van der Waals surface area (Å²) in [4.78, 5) is 0. The zero-order chi connectivity index (χ0) is 45.7. The lowest BCUT2D eigenvalue weighted by Gasteiger charge is -2.09. The number of rotatable bonds is 4. The highest BCUT2D eigenvalue weighted by Gasteiger charge is 2.21. The maximum absolute atomic E-state index is 9.43. The van der Waals surface area contributed by atoms with Crippen molar-refractivity contribution in [3.05, 3.63) is 257 Å². The summed E-state index contributed by atoms with van der Waals surface area (Å²) < 4.78 is 5.72. The lowest BCUT2D eigenvalue weighted by Crippen LogP contribution is -2.29. The summed E-state index contributed by atoms with van der Waals surface area (Å²) >= 11 is 3.52. The second-order valence-corrected chi connectivity index (χ2v) is 18.5. The lowest BCUT2D eigenvalue weighted by atomic mass is 9.80. The van der Waals surface area contributed by atoms with E-state index in [4.69, 9.17) is 0 Å². The fourth-order valence-electron chi connectivity index (χ4n) is 10.4. The van der Waals surface area contributed by atoms with Gasteiger partial charge in [0.1, 0.15) is 0 Å². The van der Waals surface area contributed by atoms with Crippen LogP contribution in [0, 0.1) is 0 Å². The van der Waals surface area contributed by atoms with Crippen molar-refractivity contribution in [1.29, 1.82) is 0 Å². The van der Waals surface area contributed by atoms with Gasteiger partial charge in [-0.25, -0.2) is 0 Å². The van der Waals surface area contributed by atoms with Gasteiger partial charge >= 0.3 is 7.12 Å². The molecule has 68 heavy (non-hydrogen) atoms. The Bertz CT molecular complexity index is 3860. The Morgan fingerprint density at radius 3 is 1.35 bits per heavy atom. The second-order valence-electron chi connectivity index (χ2n) is 17.6. The molecule has 10 aromatic carbocycles. The summed E-state index contributed by atoms with van der Waals surface area (Å²) in [6.45, 7) is 0. The fraction of sp³-hybridized carbons (Fsp3) is 0.0323. The van der Waals surface area contributed by atoms with E-state index in [0.717, 1.165) is 44.8 Å². The molecule has 2 heterocycles. The van der Waals surface area contributed by atoms with E-state index >= 15 is 0 Å². The number of halogens is 1. The Kier molecular flexibility index (Phi) is 10.7. The molecule has 2 aliphatic carbocycles. The van der Waals surface area contributed by atoms with Crippen LogP contribution in [0.2, 0.25) is 0 Å². The molecule has 0 radical (unpaired) electrons. The van der Waals surface area contributed by atoms with Gasteiger partial charge in [-0.15, -0.1) is 0 Å². The van der Waals surface area contributed by atoms with E-state index in [1.807, 2.05) is 42.5 Å². The molecule has 6 heteroatoms. The van der Waals surface area contributed by atoms with Crippen molar-refractivity contribution >= 4 is 72.1 Å². The van der Waals surface area contributed by atoms with Gasteiger partial charge in [0.25, 0.3) is 0 Å². The monoisotopic (exact) mass is 938 g/mol. The second kappa shape index (κ2) is 17.5. The van der Waals surface area contributed by atoms with Gasteiger partial charge in [0.05, 0.1) is 22.1 Å². The van der Waals surface area contributed by atoms with E-state index in [0.29, 0.717) is 5.46 Å². The number of hydrogen-bond donors (Lipinski definition) is 2. The van der Waals surface area contributed by atoms with Gasteiger partial charge in [-0.3, -0.25) is 0 Å². The third-order valence-electron chi connectivity index (χ3n) is 13.6. The number of hydrogen-bond acceptors (Lipinski definition) is 2. The average Bonchev–Trinajstić information content (AvgIpc) is 4.14. The van der Waals surface area contributed by atoms with Crippen molar-refractivity contribution in [1.82, 2.24) is 9.13 Å². The van der Waals surface area contributed by atoms with E-state index in [1.54, 1.807) is 6.07 Å². The normalized spacial score (nSPS) is 11.9. The highest BCUT2D eigenvalue weighted by Crippen LogP contribution is 2.41. The van der Waals surface area contributed by atoms with Crippen molar-refractivity contribution < 1.29 is 10.0 Å². The van der Waals surface area contributed by atoms with Crippen LogP contribution in [0.4, 0.5) is 0 Å². The van der Waals surface area contributed by atoms with Gasteiger partial charge in [-0.2, -0.15) is 0 Å². The molecule has 0 aliphatic heterocycles. The molecule has 0 saturated carbocycles. The Labute approximate surface area is 403 Å². The Hall–Kier alpha value is -7.74. The minimum atomic E-state index is -1.46. The van der Waals surface area contributed by atoms with Crippen molar-refractivity contribution in [3.63, 3.8) is 0 Å². The number of fused-ring (bicyclic) bond motifs is 12. The number of nitrogens with zero attached hydrogens (tertiary/aromatic N) is 2. The molecule has 0 amide bonds. The first-order valence-corrected chi connectivity index (χ1v) is 23.9. The van der Waals surface area contributed by atoms with Crippen LogP contribution in [0.1, 0.15) is 22.3 Å². The van der Waals surface area contributed by atoms with E-state index in [-0.39, 0.29) is 0 Å². The van der Waals surface area contributed by atoms with Gasteiger partial charge in [-0.1, -0.05) is 174 Å². The molecular weight excluding hydrogens is 895 g/mol. The predicted octanol–water partition coefficient (Wildman–Crippen LogP) is 14.5. The molecule has 0 bridgehead atoms. The maximum atomic E-state index is 9.43. The molecule has 0 saturated heterocycles. The third-order valence-corrected chi connectivity index (χ3v) is 14.1. The zero-order valence-corrected chi connectivity index (χ0v) is 38.7. The van der Waals surface area contributed by atoms with Crippen molar-refractivity contribution in [2.45, 2.75) is 12.8 Å². The van der Waals surface area contributed by atoms with Gasteiger partial charge in [0.15, 0.2) is 0 Å². The van der Waals surface area contributed by atoms with E-state index < -0.39 is 7.12 Å². The van der Waals surface area contributed by atoms with Crippen LogP contribution in [-0.4, -0.2) is 26.3 Å². The third kappa shape index (κ3) is 7.44. The smallest absolute Gasteiger partial charge is 0.423 e. The summed E-state index contributed by atoms with van der Waals surface area (Å²) in [5.74, 6) is 0. The molecule has 0 atom stereocenters. The van der Waals surface area contributed by atoms with Crippen molar-refractivity contribution in [3.8, 4) is 44.8 Å². The minimum Gasteiger partial charge on any atom is -0.423 e. The molecule has 0 fully saturated rings. The van der Waals surface area contributed by atoms with Crippen LogP contribution in [0.5, 0.6) is 0 Å². The van der Waals surface area contributed by atoms with E-state index in [2.05, 4.69) is 207 Å². The van der Waals surface area contributed by atoms with E-state index in [1.165, 1.54) is 83.1 Å². The summed E-state index contributed by atoms with van der Waals surface area (Å²) in [5.41, 5.74) is 21.3. The van der Waals surface area contributed by atoms with Crippen LogP contribution < -0.4 is 5.46 Å². The number of aromatic nitrogens is 2. The number of benzene rings is 10. The van der Waals surface area contributed by atoms with Crippen LogP contribution >= 0.6 is 15.9 Å². The standard InChI is InChI=1S/C31H21N.C18H14BNO2.C13H9Br/c1-2-9-25(10-3-1)32-30-13-7-6-12-27(30)29-20-22(16-17-31(29)32)21-14-15-24-18-23-8-4-5-11-26(23)28(24)19-21;21-19(22)13-10-11-18-16(12-13)15-8-4-5-9-17(15)20(18)14-6-2-1-3-7-14;14-11-6-5-10-7-9-3-1-2-4-12(9)13(10)8-11/h1-17,19-20H,18H2;1-12,21-22H;1-6,8H,7H2. The molecule has 2 N–H and O–H groups in total. The average molecular weight is 940 g/mol. The summed E-state index contributed by atoms with van der Waals surface area (Å²) in [7, 11) is -1.46. The highest BCUT2D eigenvalue weighted by atomic mass is 79.9.